The van der Waals surface area contributed by atoms with Gasteiger partial charge in [-0.1, -0.05) is 18.2 Å². The predicted molar refractivity (Wildman–Crippen MR) is 80.2 cm³/mol. The molecule has 6 heteroatoms. The lowest BCUT2D eigenvalue weighted by atomic mass is 10.1. The van der Waals surface area contributed by atoms with Crippen molar-refractivity contribution in [3.8, 4) is 0 Å². The molecule has 0 aliphatic heterocycles. The average molecular weight is 301 g/mol. The molecule has 0 aliphatic carbocycles. The molecule has 0 aliphatic rings. The zero-order valence-corrected chi connectivity index (χ0v) is 11.9. The number of anilines is 1. The number of carbonyl (C=O) groups is 2. The maximum Gasteiger partial charge on any atom is 0.345 e. The zero-order valence-electron chi connectivity index (χ0n) is 11.0. The van der Waals surface area contributed by atoms with E-state index in [1.807, 2.05) is 25.1 Å². The predicted octanol–water partition coefficient (Wildman–Crippen LogP) is 3.75. The number of thiophene rings is 1. The number of aromatic carboxylic acids is 1. The minimum Gasteiger partial charge on any atom is -0.477 e. The summed E-state index contributed by atoms with van der Waals surface area (Å²) in [5.41, 5.74) is 1.41. The fourth-order valence-corrected chi connectivity index (χ4v) is 2.82. The van der Waals surface area contributed by atoms with Gasteiger partial charge in [-0.05, 0) is 25.1 Å². The monoisotopic (exact) mass is 301 g/mol. The summed E-state index contributed by atoms with van der Waals surface area (Å²) in [5.74, 6) is -1.16. The maximum absolute atomic E-state index is 12.2. The van der Waals surface area contributed by atoms with Crippen LogP contribution < -0.4 is 5.32 Å². The topological polar surface area (TPSA) is 79.5 Å². The number of benzene rings is 1. The lowest BCUT2D eigenvalue weighted by molar-refractivity contribution is 0.0702. The van der Waals surface area contributed by atoms with Gasteiger partial charge >= 0.3 is 5.97 Å². The average Bonchev–Trinajstić information content (AvgIpc) is 3.05. The maximum atomic E-state index is 12.2. The number of hydrogen-bond donors (Lipinski definition) is 2. The summed E-state index contributed by atoms with van der Waals surface area (Å²) in [6.45, 7) is 1.82. The number of rotatable bonds is 3. The molecule has 21 heavy (non-hydrogen) atoms. The summed E-state index contributed by atoms with van der Waals surface area (Å²) in [5, 5.41) is 12.9. The molecular formula is C15H11NO4S. The molecule has 2 heterocycles. The van der Waals surface area contributed by atoms with Crippen LogP contribution in [0.2, 0.25) is 0 Å². The highest BCUT2D eigenvalue weighted by Crippen LogP contribution is 2.27. The van der Waals surface area contributed by atoms with Crippen LogP contribution in [0.25, 0.3) is 11.0 Å². The summed E-state index contributed by atoms with van der Waals surface area (Å²) >= 11 is 1.00. The van der Waals surface area contributed by atoms with Gasteiger partial charge in [-0.3, -0.25) is 4.79 Å². The van der Waals surface area contributed by atoms with E-state index in [1.165, 1.54) is 6.07 Å². The smallest absolute Gasteiger partial charge is 0.345 e. The van der Waals surface area contributed by atoms with Gasteiger partial charge in [-0.15, -0.1) is 11.3 Å². The number of furan rings is 1. The fourth-order valence-electron chi connectivity index (χ4n) is 2.08. The van der Waals surface area contributed by atoms with Crippen molar-refractivity contribution < 1.29 is 19.1 Å². The zero-order chi connectivity index (χ0) is 15.0. The standard InChI is InChI=1S/C15H11NO4S/c1-8-9-4-2-3-5-10(9)20-13(8)14(17)16-12-7-6-11(21-12)15(18)19/h2-7H,1H3,(H,16,17)(H,18,19). The molecule has 3 rings (SSSR count). The largest absolute Gasteiger partial charge is 0.477 e. The molecule has 0 spiro atoms. The van der Waals surface area contributed by atoms with Crippen LogP contribution in [-0.4, -0.2) is 17.0 Å². The minimum absolute atomic E-state index is 0.173. The Morgan fingerprint density at radius 2 is 1.95 bits per heavy atom. The van der Waals surface area contributed by atoms with Gasteiger partial charge in [-0.2, -0.15) is 0 Å². The Morgan fingerprint density at radius 1 is 1.19 bits per heavy atom. The van der Waals surface area contributed by atoms with E-state index in [0.29, 0.717) is 10.6 Å². The molecule has 0 bridgehead atoms. The van der Waals surface area contributed by atoms with E-state index in [9.17, 15) is 9.59 Å². The lowest BCUT2D eigenvalue weighted by Crippen LogP contribution is -2.10. The summed E-state index contributed by atoms with van der Waals surface area (Å²) in [6.07, 6.45) is 0. The molecular weight excluding hydrogens is 290 g/mol. The molecule has 2 N–H and O–H groups in total. The van der Waals surface area contributed by atoms with Gasteiger partial charge in [-0.25, -0.2) is 4.79 Å². The number of carbonyl (C=O) groups excluding carboxylic acids is 1. The number of hydrogen-bond acceptors (Lipinski definition) is 4. The minimum atomic E-state index is -1.01. The first-order chi connectivity index (χ1) is 10.1. The highest BCUT2D eigenvalue weighted by atomic mass is 32.1. The highest BCUT2D eigenvalue weighted by molar-refractivity contribution is 7.18. The van der Waals surface area contributed by atoms with E-state index in [4.69, 9.17) is 9.52 Å². The Hall–Kier alpha value is -2.60. The summed E-state index contributed by atoms with van der Waals surface area (Å²) in [4.78, 5) is 23.2. The second-order valence-electron chi connectivity index (χ2n) is 4.48. The quantitative estimate of drug-likeness (QED) is 0.772. The Balaban J connectivity index is 1.89. The summed E-state index contributed by atoms with van der Waals surface area (Å²) in [6, 6.07) is 10.4. The van der Waals surface area contributed by atoms with Crippen molar-refractivity contribution in [3.05, 3.63) is 52.6 Å². The Kier molecular flexibility index (Phi) is 3.23. The fraction of sp³-hybridized carbons (Fsp3) is 0.0667. The molecule has 0 fully saturated rings. The Morgan fingerprint density at radius 3 is 2.62 bits per heavy atom. The van der Waals surface area contributed by atoms with Gasteiger partial charge in [0.2, 0.25) is 0 Å². The van der Waals surface area contributed by atoms with Gasteiger partial charge < -0.3 is 14.8 Å². The first-order valence-electron chi connectivity index (χ1n) is 6.19. The first-order valence-corrected chi connectivity index (χ1v) is 7.00. The van der Waals surface area contributed by atoms with Crippen LogP contribution in [0.5, 0.6) is 0 Å². The van der Waals surface area contributed by atoms with Crippen molar-refractivity contribution in [2.45, 2.75) is 6.92 Å². The summed E-state index contributed by atoms with van der Waals surface area (Å²) < 4.78 is 5.56. The number of carboxylic acids is 1. The summed E-state index contributed by atoms with van der Waals surface area (Å²) in [7, 11) is 0. The van der Waals surface area contributed by atoms with Gasteiger partial charge in [0.25, 0.3) is 5.91 Å². The molecule has 0 saturated heterocycles. The van der Waals surface area contributed by atoms with Crippen molar-refractivity contribution >= 4 is 39.2 Å². The van der Waals surface area contributed by atoms with Crippen LogP contribution in [0.1, 0.15) is 25.8 Å². The van der Waals surface area contributed by atoms with Crippen molar-refractivity contribution in [1.29, 1.82) is 0 Å². The van der Waals surface area contributed by atoms with Crippen molar-refractivity contribution in [2.24, 2.45) is 0 Å². The van der Waals surface area contributed by atoms with Gasteiger partial charge in [0.1, 0.15) is 10.5 Å². The van der Waals surface area contributed by atoms with Gasteiger partial charge in [0, 0.05) is 10.9 Å². The third-order valence-electron chi connectivity index (χ3n) is 3.10. The Bertz CT molecular complexity index is 846. The third-order valence-corrected chi connectivity index (χ3v) is 4.09. The molecule has 5 nitrogen and oxygen atoms in total. The van der Waals surface area contributed by atoms with E-state index in [0.717, 1.165) is 22.3 Å². The van der Waals surface area contributed by atoms with Crippen LogP contribution in [0.3, 0.4) is 0 Å². The number of carboxylic acid groups (broad SMARTS) is 1. The Labute approximate surface area is 123 Å². The second kappa shape index (κ2) is 5.06. The van der Waals surface area contributed by atoms with Crippen LogP contribution >= 0.6 is 11.3 Å². The molecule has 0 atom stereocenters. The number of para-hydroxylation sites is 1. The van der Waals surface area contributed by atoms with E-state index in [1.54, 1.807) is 12.1 Å². The van der Waals surface area contributed by atoms with Gasteiger partial charge in [0.15, 0.2) is 5.76 Å². The van der Waals surface area contributed by atoms with Crippen LogP contribution in [-0.2, 0) is 0 Å². The molecule has 0 saturated carbocycles. The normalized spacial score (nSPS) is 10.7. The molecule has 106 valence electrons. The van der Waals surface area contributed by atoms with E-state index in [2.05, 4.69) is 5.32 Å². The van der Waals surface area contributed by atoms with Crippen molar-refractivity contribution in [1.82, 2.24) is 0 Å². The number of aryl methyl sites for hydroxylation is 1. The van der Waals surface area contributed by atoms with Crippen LogP contribution in [0.15, 0.2) is 40.8 Å². The molecule has 1 aromatic carbocycles. The van der Waals surface area contributed by atoms with Crippen molar-refractivity contribution in [2.75, 3.05) is 5.32 Å². The van der Waals surface area contributed by atoms with Gasteiger partial charge in [0.05, 0.1) is 5.00 Å². The molecule has 0 radical (unpaired) electrons. The van der Waals surface area contributed by atoms with E-state index in [-0.39, 0.29) is 16.5 Å². The van der Waals surface area contributed by atoms with Crippen LogP contribution in [0, 0.1) is 6.92 Å². The highest BCUT2D eigenvalue weighted by Gasteiger charge is 2.18. The van der Waals surface area contributed by atoms with Crippen molar-refractivity contribution in [3.63, 3.8) is 0 Å². The molecule has 2 aromatic heterocycles. The second-order valence-corrected chi connectivity index (χ2v) is 5.56. The molecule has 1 amide bonds. The lowest BCUT2D eigenvalue weighted by Gasteiger charge is -1.99. The number of amides is 1. The molecule has 0 unspecified atom stereocenters. The third kappa shape index (κ3) is 2.41. The van der Waals surface area contributed by atoms with E-state index < -0.39 is 5.97 Å². The SMILES string of the molecule is Cc1c(C(=O)Nc2ccc(C(=O)O)s2)oc2ccccc12. The van der Waals surface area contributed by atoms with Crippen LogP contribution in [0.4, 0.5) is 5.00 Å². The molecule has 3 aromatic rings. The first kappa shape index (κ1) is 13.4. The van der Waals surface area contributed by atoms with E-state index >= 15 is 0 Å². The number of fused-ring (bicyclic) bond motifs is 1. The number of nitrogens with one attached hydrogen (secondary N) is 1.